The van der Waals surface area contributed by atoms with Gasteiger partial charge in [-0.25, -0.2) is 0 Å². The predicted octanol–water partition coefficient (Wildman–Crippen LogP) is 1.47. The van der Waals surface area contributed by atoms with E-state index in [4.69, 9.17) is 11.6 Å². The zero-order valence-corrected chi connectivity index (χ0v) is 9.25. The number of hydrogen-bond donors (Lipinski definition) is 0. The van der Waals surface area contributed by atoms with Gasteiger partial charge in [-0.1, -0.05) is 27.5 Å². The molecule has 0 aliphatic carbocycles. The van der Waals surface area contributed by atoms with E-state index in [0.29, 0.717) is 11.6 Å². The third-order valence-electron chi connectivity index (χ3n) is 1.41. The van der Waals surface area contributed by atoms with Crippen molar-refractivity contribution < 1.29 is 9.53 Å². The molecular formula is C7H8BrClN2O2. The van der Waals surface area contributed by atoms with Crippen molar-refractivity contribution in [3.8, 4) is 0 Å². The Balaban J connectivity index is 2.54. The minimum Gasteiger partial charge on any atom is -0.468 e. The lowest BCUT2D eigenvalue weighted by molar-refractivity contribution is -0.140. The lowest BCUT2D eigenvalue weighted by atomic mass is 10.4. The van der Waals surface area contributed by atoms with Crippen molar-refractivity contribution in [2.24, 2.45) is 0 Å². The Morgan fingerprint density at radius 1 is 1.92 bits per heavy atom. The highest BCUT2D eigenvalue weighted by Crippen LogP contribution is 2.09. The summed E-state index contributed by atoms with van der Waals surface area (Å²) in [5, 5.41) is 4.47. The number of carbonyl (C=O) groups is 1. The number of rotatable bonds is 3. The number of carbonyl (C=O) groups excluding carboxylic acids is 1. The molecule has 0 N–H and O–H groups in total. The third kappa shape index (κ3) is 3.00. The van der Waals surface area contributed by atoms with Gasteiger partial charge in [-0.05, 0) is 0 Å². The molecule has 0 bridgehead atoms. The molecule has 0 aliphatic heterocycles. The van der Waals surface area contributed by atoms with Gasteiger partial charge in [0, 0.05) is 6.20 Å². The molecular weight excluding hydrogens is 259 g/mol. The number of esters is 1. The average Bonchev–Trinajstić information content (AvgIpc) is 2.49. The van der Waals surface area contributed by atoms with E-state index in [1.165, 1.54) is 13.3 Å². The zero-order valence-electron chi connectivity index (χ0n) is 6.91. The summed E-state index contributed by atoms with van der Waals surface area (Å²) in [6.45, 7) is 0.402. The van der Waals surface area contributed by atoms with Gasteiger partial charge in [-0.15, -0.1) is 0 Å². The van der Waals surface area contributed by atoms with Gasteiger partial charge in [-0.2, -0.15) is 5.10 Å². The molecule has 1 unspecified atom stereocenters. The Morgan fingerprint density at radius 2 is 2.62 bits per heavy atom. The largest absolute Gasteiger partial charge is 0.468 e. The monoisotopic (exact) mass is 266 g/mol. The molecule has 1 aromatic rings. The Hall–Kier alpha value is -0.550. The minimum atomic E-state index is -0.395. The quantitative estimate of drug-likeness (QED) is 0.615. The smallest absolute Gasteiger partial charge is 0.321 e. The Labute approximate surface area is 88.9 Å². The maximum absolute atomic E-state index is 11.0. The average molecular weight is 268 g/mol. The number of halogens is 2. The van der Waals surface area contributed by atoms with Crippen molar-refractivity contribution in [3.05, 3.63) is 17.4 Å². The second kappa shape index (κ2) is 4.62. The predicted molar refractivity (Wildman–Crippen MR) is 52.0 cm³/mol. The Kier molecular flexibility index (Phi) is 3.74. The molecule has 1 aromatic heterocycles. The highest BCUT2D eigenvalue weighted by Gasteiger charge is 2.15. The van der Waals surface area contributed by atoms with E-state index in [1.54, 1.807) is 10.9 Å². The SMILES string of the molecule is COC(=O)C(Br)Cn1cc(Cl)cn1. The van der Waals surface area contributed by atoms with Crippen molar-refractivity contribution in [3.63, 3.8) is 0 Å². The maximum atomic E-state index is 11.0. The van der Waals surface area contributed by atoms with Gasteiger partial charge < -0.3 is 4.74 Å². The van der Waals surface area contributed by atoms with Crippen molar-refractivity contribution in [2.45, 2.75) is 11.4 Å². The summed E-state index contributed by atoms with van der Waals surface area (Å²) in [5.74, 6) is -0.327. The van der Waals surface area contributed by atoms with Gasteiger partial charge in [-0.3, -0.25) is 9.48 Å². The number of ether oxygens (including phenoxy) is 1. The molecule has 0 amide bonds. The molecule has 0 saturated carbocycles. The summed E-state index contributed by atoms with van der Waals surface area (Å²) >= 11 is 8.81. The molecule has 0 saturated heterocycles. The molecule has 4 nitrogen and oxygen atoms in total. The standard InChI is InChI=1S/C7H8BrClN2O2/c1-13-7(12)6(8)4-11-3-5(9)2-10-11/h2-3,6H,4H2,1H3. The molecule has 1 heterocycles. The molecule has 6 heteroatoms. The number of alkyl halides is 1. The van der Waals surface area contributed by atoms with Crippen LogP contribution in [0.3, 0.4) is 0 Å². The van der Waals surface area contributed by atoms with Crippen LogP contribution in [0.2, 0.25) is 5.02 Å². The van der Waals surface area contributed by atoms with Crippen molar-refractivity contribution >= 4 is 33.5 Å². The first-order valence-corrected chi connectivity index (χ1v) is 4.82. The van der Waals surface area contributed by atoms with E-state index >= 15 is 0 Å². The van der Waals surface area contributed by atoms with Crippen LogP contribution in [0.25, 0.3) is 0 Å². The fourth-order valence-electron chi connectivity index (χ4n) is 0.805. The zero-order chi connectivity index (χ0) is 9.84. The first kappa shape index (κ1) is 10.5. The first-order valence-electron chi connectivity index (χ1n) is 3.53. The highest BCUT2D eigenvalue weighted by atomic mass is 79.9. The van der Waals surface area contributed by atoms with E-state index in [0.717, 1.165) is 0 Å². The van der Waals surface area contributed by atoms with Gasteiger partial charge in [0.2, 0.25) is 0 Å². The second-order valence-corrected chi connectivity index (χ2v) is 3.91. The fraction of sp³-hybridized carbons (Fsp3) is 0.429. The Bertz CT molecular complexity index is 302. The summed E-state index contributed by atoms with van der Waals surface area (Å²) in [7, 11) is 1.34. The van der Waals surface area contributed by atoms with Crippen molar-refractivity contribution in [1.29, 1.82) is 0 Å². The van der Waals surface area contributed by atoms with Crippen LogP contribution >= 0.6 is 27.5 Å². The van der Waals surface area contributed by atoms with E-state index in [2.05, 4.69) is 25.8 Å². The van der Waals surface area contributed by atoms with Crippen LogP contribution in [-0.4, -0.2) is 27.7 Å². The van der Waals surface area contributed by atoms with Crippen LogP contribution in [0.4, 0.5) is 0 Å². The normalized spacial score (nSPS) is 12.5. The first-order chi connectivity index (χ1) is 6.13. The van der Waals surface area contributed by atoms with Crippen LogP contribution in [0, 0.1) is 0 Å². The summed E-state index contributed by atoms with van der Waals surface area (Å²) in [4.78, 5) is 10.6. The minimum absolute atomic E-state index is 0.327. The van der Waals surface area contributed by atoms with Crippen molar-refractivity contribution in [2.75, 3.05) is 7.11 Å². The molecule has 0 radical (unpaired) electrons. The molecule has 0 fully saturated rings. The summed E-state index contributed by atoms with van der Waals surface area (Å²) in [6.07, 6.45) is 3.15. The third-order valence-corrected chi connectivity index (χ3v) is 2.26. The fourth-order valence-corrected chi connectivity index (χ4v) is 1.44. The van der Waals surface area contributed by atoms with Crippen LogP contribution in [0.1, 0.15) is 0 Å². The van der Waals surface area contributed by atoms with Gasteiger partial charge in [0.15, 0.2) is 0 Å². The number of aromatic nitrogens is 2. The number of nitrogens with zero attached hydrogens (tertiary/aromatic N) is 2. The number of methoxy groups -OCH3 is 1. The summed E-state index contributed by atoms with van der Waals surface area (Å²) < 4.78 is 6.10. The van der Waals surface area contributed by atoms with Crippen LogP contribution < -0.4 is 0 Å². The van der Waals surface area contributed by atoms with Gasteiger partial charge in [0.25, 0.3) is 0 Å². The molecule has 1 atom stereocenters. The Morgan fingerprint density at radius 3 is 3.08 bits per heavy atom. The molecule has 0 spiro atoms. The molecule has 13 heavy (non-hydrogen) atoms. The molecule has 0 aromatic carbocycles. The maximum Gasteiger partial charge on any atom is 0.321 e. The topological polar surface area (TPSA) is 44.1 Å². The van der Waals surface area contributed by atoms with Crippen molar-refractivity contribution in [1.82, 2.24) is 9.78 Å². The van der Waals surface area contributed by atoms with Gasteiger partial charge in [0.1, 0.15) is 4.83 Å². The molecule has 72 valence electrons. The van der Waals surface area contributed by atoms with E-state index in [1.807, 2.05) is 0 Å². The van der Waals surface area contributed by atoms with Crippen LogP contribution in [-0.2, 0) is 16.1 Å². The highest BCUT2D eigenvalue weighted by molar-refractivity contribution is 9.10. The van der Waals surface area contributed by atoms with E-state index < -0.39 is 4.83 Å². The van der Waals surface area contributed by atoms with Gasteiger partial charge in [0.05, 0.1) is 24.9 Å². The second-order valence-electron chi connectivity index (χ2n) is 2.37. The van der Waals surface area contributed by atoms with Gasteiger partial charge >= 0.3 is 5.97 Å². The van der Waals surface area contributed by atoms with Crippen LogP contribution in [0.5, 0.6) is 0 Å². The lowest BCUT2D eigenvalue weighted by Crippen LogP contribution is -2.21. The molecule has 0 aliphatic rings. The summed E-state index contributed by atoms with van der Waals surface area (Å²) in [5.41, 5.74) is 0. The van der Waals surface area contributed by atoms with E-state index in [-0.39, 0.29) is 5.97 Å². The lowest BCUT2D eigenvalue weighted by Gasteiger charge is -2.06. The number of hydrogen-bond acceptors (Lipinski definition) is 3. The van der Waals surface area contributed by atoms with Crippen LogP contribution in [0.15, 0.2) is 12.4 Å². The molecule has 1 rings (SSSR count). The summed E-state index contributed by atoms with van der Waals surface area (Å²) in [6, 6.07) is 0. The van der Waals surface area contributed by atoms with E-state index in [9.17, 15) is 4.79 Å².